The van der Waals surface area contributed by atoms with Crippen molar-refractivity contribution >= 4 is 29.1 Å². The number of rotatable bonds is 7. The number of likely N-dealkylation sites (tertiary alicyclic amines) is 1. The van der Waals surface area contributed by atoms with Crippen LogP contribution in [0.25, 0.3) is 0 Å². The van der Waals surface area contributed by atoms with Crippen LogP contribution in [0.5, 0.6) is 0 Å². The van der Waals surface area contributed by atoms with Crippen LogP contribution in [0.4, 0.5) is 17.3 Å². The molecule has 1 spiro atoms. The Kier molecular flexibility index (Phi) is 8.15. The van der Waals surface area contributed by atoms with Gasteiger partial charge in [-0.15, -0.1) is 0 Å². The number of carbonyl (C=O) groups excluding carboxylic acids is 2. The summed E-state index contributed by atoms with van der Waals surface area (Å²) in [5.74, 6) is 1.43. The summed E-state index contributed by atoms with van der Waals surface area (Å²) in [5.41, 5.74) is 13.8. The van der Waals surface area contributed by atoms with E-state index in [0.717, 1.165) is 56.3 Å². The summed E-state index contributed by atoms with van der Waals surface area (Å²) in [6.45, 7) is 4.38. The lowest BCUT2D eigenvalue weighted by molar-refractivity contribution is -0.133. The van der Waals surface area contributed by atoms with E-state index in [0.29, 0.717) is 17.2 Å². The number of anilines is 3. The van der Waals surface area contributed by atoms with Crippen LogP contribution < -0.4 is 21.7 Å². The lowest BCUT2D eigenvalue weighted by Gasteiger charge is -2.53. The molecule has 2 saturated heterocycles. The average Bonchev–Trinajstić information content (AvgIpc) is 3.78. The van der Waals surface area contributed by atoms with Crippen molar-refractivity contribution in [3.05, 3.63) is 41.7 Å². The van der Waals surface area contributed by atoms with Gasteiger partial charge in [-0.2, -0.15) is 0 Å². The molecule has 2 amide bonds. The summed E-state index contributed by atoms with van der Waals surface area (Å²) in [7, 11) is 0. The number of aromatic nitrogens is 2. The summed E-state index contributed by atoms with van der Waals surface area (Å²) in [4.78, 5) is 36.4. The van der Waals surface area contributed by atoms with Crippen LogP contribution in [0.3, 0.4) is 0 Å². The van der Waals surface area contributed by atoms with Gasteiger partial charge in [0.25, 0.3) is 5.91 Å². The Balaban J connectivity index is 0.000000253. The molecule has 41 heavy (non-hydrogen) atoms. The normalized spacial score (nSPS) is 22.7. The van der Waals surface area contributed by atoms with Gasteiger partial charge < -0.3 is 26.6 Å². The fraction of sp³-hybridized carbons (Fsp3) is 0.625. The third-order valence-electron chi connectivity index (χ3n) is 10.1. The molecule has 7 rings (SSSR count). The zero-order valence-corrected chi connectivity index (χ0v) is 24.2. The number of primary amides is 2. The van der Waals surface area contributed by atoms with E-state index in [2.05, 4.69) is 44.4 Å². The number of piperidine rings is 2. The molecule has 220 valence electrons. The number of hydrogen-bond donors (Lipinski definition) is 3. The first-order valence-electron chi connectivity index (χ1n) is 15.7. The van der Waals surface area contributed by atoms with Crippen molar-refractivity contribution in [3.8, 4) is 0 Å². The second kappa shape index (κ2) is 12.0. The van der Waals surface area contributed by atoms with Gasteiger partial charge in [-0.1, -0.05) is 18.6 Å². The molecule has 5 N–H and O–H groups in total. The molecule has 3 saturated carbocycles. The molecule has 3 heterocycles. The van der Waals surface area contributed by atoms with E-state index in [-0.39, 0.29) is 17.5 Å². The first-order valence-corrected chi connectivity index (χ1v) is 15.7. The van der Waals surface area contributed by atoms with Crippen LogP contribution in [0.15, 0.2) is 30.5 Å². The minimum atomic E-state index is -0.570. The maximum absolute atomic E-state index is 11.9. The van der Waals surface area contributed by atoms with E-state index in [4.69, 9.17) is 16.5 Å². The highest BCUT2D eigenvalue weighted by atomic mass is 16.1. The smallest absolute Gasteiger partial charge is 0.271 e. The summed E-state index contributed by atoms with van der Waals surface area (Å²) in [6.07, 6.45) is 16.7. The van der Waals surface area contributed by atoms with Crippen molar-refractivity contribution in [2.75, 3.05) is 36.4 Å². The average molecular weight is 560 g/mol. The number of carbonyl (C=O) groups is 2. The molecule has 1 aromatic heterocycles. The van der Waals surface area contributed by atoms with Crippen molar-refractivity contribution < 1.29 is 9.59 Å². The Morgan fingerprint density at radius 3 is 2.12 bits per heavy atom. The lowest BCUT2D eigenvalue weighted by Crippen LogP contribution is -2.47. The van der Waals surface area contributed by atoms with Crippen molar-refractivity contribution in [1.82, 2.24) is 14.9 Å². The Hall–Kier alpha value is -3.20. The highest BCUT2D eigenvalue weighted by Crippen LogP contribution is 2.58. The van der Waals surface area contributed by atoms with E-state index in [1.165, 1.54) is 70.0 Å². The Labute approximate surface area is 243 Å². The molecule has 5 fully saturated rings. The fourth-order valence-electron chi connectivity index (χ4n) is 7.21. The van der Waals surface area contributed by atoms with Gasteiger partial charge in [0.15, 0.2) is 11.5 Å². The van der Waals surface area contributed by atoms with Gasteiger partial charge in [-0.25, -0.2) is 9.97 Å². The van der Waals surface area contributed by atoms with Crippen LogP contribution in [-0.2, 0) is 4.79 Å². The highest BCUT2D eigenvalue weighted by Gasteiger charge is 2.49. The standard InChI is InChI=1S/C24H32N6O.C8H13NO/c25-23(31)22-24(28-21(16-26-22)30-12-2-1-3-13-30)27-19-6-4-17(5-7-19)18-10-14-29(15-11-18)20-8-9-20;9-7(10)6-4-8(5-6)2-1-3-8/h4-7,16,18,20H,1-3,8-15H2,(H2,25,31)(H,27,28);6H,1-5H2,(H2,9,10). The second-order valence-electron chi connectivity index (χ2n) is 13.0. The molecule has 0 unspecified atom stereocenters. The summed E-state index contributed by atoms with van der Waals surface area (Å²) < 4.78 is 0. The summed E-state index contributed by atoms with van der Waals surface area (Å²) >= 11 is 0. The molecule has 0 bridgehead atoms. The third-order valence-corrected chi connectivity index (χ3v) is 10.1. The molecule has 1 aromatic carbocycles. The molecular formula is C32H45N7O2. The summed E-state index contributed by atoms with van der Waals surface area (Å²) in [5, 5.41) is 3.28. The van der Waals surface area contributed by atoms with Gasteiger partial charge in [0.2, 0.25) is 5.91 Å². The first kappa shape index (κ1) is 27.9. The lowest BCUT2D eigenvalue weighted by atomic mass is 9.52. The minimum absolute atomic E-state index is 0.0856. The Bertz CT molecular complexity index is 1220. The Morgan fingerprint density at radius 2 is 1.56 bits per heavy atom. The Morgan fingerprint density at radius 1 is 0.878 bits per heavy atom. The quantitative estimate of drug-likeness (QED) is 0.448. The minimum Gasteiger partial charge on any atom is -0.369 e. The van der Waals surface area contributed by atoms with E-state index in [1.54, 1.807) is 6.20 Å². The van der Waals surface area contributed by atoms with E-state index >= 15 is 0 Å². The molecule has 2 aliphatic heterocycles. The topological polar surface area (TPSA) is 130 Å². The van der Waals surface area contributed by atoms with Gasteiger partial charge in [0, 0.05) is 30.7 Å². The van der Waals surface area contributed by atoms with Gasteiger partial charge in [-0.05, 0) is 113 Å². The van der Waals surface area contributed by atoms with Gasteiger partial charge in [0.1, 0.15) is 5.82 Å². The van der Waals surface area contributed by atoms with Crippen LogP contribution in [0.2, 0.25) is 0 Å². The molecule has 3 aliphatic carbocycles. The number of nitrogens with one attached hydrogen (secondary N) is 1. The molecule has 9 nitrogen and oxygen atoms in total. The molecule has 5 aliphatic rings. The maximum atomic E-state index is 11.9. The predicted octanol–water partition coefficient (Wildman–Crippen LogP) is 4.70. The fourth-order valence-corrected chi connectivity index (χ4v) is 7.21. The molecular weight excluding hydrogens is 514 g/mol. The van der Waals surface area contributed by atoms with Gasteiger partial charge >= 0.3 is 0 Å². The SMILES string of the molecule is NC(=O)C1CC2(CCC2)C1.NC(=O)c1ncc(N2CCCCC2)nc1Nc1ccc(C2CCN(C3CC3)CC2)cc1. The van der Waals surface area contributed by atoms with Crippen molar-refractivity contribution in [2.24, 2.45) is 22.8 Å². The number of hydrogen-bond acceptors (Lipinski definition) is 7. The number of amides is 2. The zero-order valence-electron chi connectivity index (χ0n) is 24.2. The van der Waals surface area contributed by atoms with Crippen molar-refractivity contribution in [2.45, 2.75) is 89.0 Å². The van der Waals surface area contributed by atoms with Crippen LogP contribution in [0.1, 0.15) is 99.0 Å². The monoisotopic (exact) mass is 559 g/mol. The van der Waals surface area contributed by atoms with E-state index in [9.17, 15) is 9.59 Å². The zero-order chi connectivity index (χ0) is 28.4. The molecule has 0 atom stereocenters. The highest BCUT2D eigenvalue weighted by molar-refractivity contribution is 5.96. The summed E-state index contributed by atoms with van der Waals surface area (Å²) in [6, 6.07) is 9.41. The van der Waals surface area contributed by atoms with Crippen LogP contribution in [-0.4, -0.2) is 58.9 Å². The number of nitrogens with two attached hydrogens (primary N) is 2. The molecule has 2 aromatic rings. The number of nitrogens with zero attached hydrogens (tertiary/aromatic N) is 4. The first-order chi connectivity index (χ1) is 19.9. The van der Waals surface area contributed by atoms with Crippen LogP contribution in [0, 0.1) is 11.3 Å². The number of benzene rings is 1. The maximum Gasteiger partial charge on any atom is 0.271 e. The molecule has 0 radical (unpaired) electrons. The largest absolute Gasteiger partial charge is 0.369 e. The van der Waals surface area contributed by atoms with Crippen LogP contribution >= 0.6 is 0 Å². The third kappa shape index (κ3) is 6.50. The van der Waals surface area contributed by atoms with Crippen molar-refractivity contribution in [1.29, 1.82) is 0 Å². The van der Waals surface area contributed by atoms with E-state index < -0.39 is 5.91 Å². The molecule has 9 heteroatoms. The predicted molar refractivity (Wildman–Crippen MR) is 161 cm³/mol. The second-order valence-corrected chi connectivity index (χ2v) is 13.0. The van der Waals surface area contributed by atoms with E-state index in [1.807, 2.05) is 0 Å². The van der Waals surface area contributed by atoms with Crippen molar-refractivity contribution in [3.63, 3.8) is 0 Å². The van der Waals surface area contributed by atoms with Gasteiger partial charge in [0.05, 0.1) is 6.20 Å². The van der Waals surface area contributed by atoms with Gasteiger partial charge in [-0.3, -0.25) is 9.59 Å².